The van der Waals surface area contributed by atoms with Crippen molar-refractivity contribution in [1.29, 1.82) is 0 Å². The lowest BCUT2D eigenvalue weighted by Gasteiger charge is -2.22. The van der Waals surface area contributed by atoms with Gasteiger partial charge in [-0.2, -0.15) is 0 Å². The predicted octanol–water partition coefficient (Wildman–Crippen LogP) is 6.21. The van der Waals surface area contributed by atoms with E-state index in [2.05, 4.69) is 10.3 Å². The number of carbonyl (C=O) groups is 2. The molecule has 0 unspecified atom stereocenters. The molecule has 0 radical (unpaired) electrons. The first-order valence-corrected chi connectivity index (χ1v) is 12.4. The van der Waals surface area contributed by atoms with Crippen molar-refractivity contribution in [2.45, 2.75) is 59.3 Å². The van der Waals surface area contributed by atoms with Crippen LogP contribution in [0.3, 0.4) is 0 Å². The third-order valence-electron chi connectivity index (χ3n) is 5.84. The molecule has 198 valence electrons. The minimum Gasteiger partial charge on any atom is -0.488 e. The van der Waals surface area contributed by atoms with Gasteiger partial charge in [-0.05, 0) is 69.5 Å². The van der Waals surface area contributed by atoms with Gasteiger partial charge in [-0.3, -0.25) is 0 Å². The van der Waals surface area contributed by atoms with Gasteiger partial charge in [-0.15, -0.1) is 0 Å². The number of aryl methyl sites for hydroxylation is 2. The molecule has 1 atom stereocenters. The molecule has 3 aromatic carbocycles. The molecule has 0 aliphatic carbocycles. The van der Waals surface area contributed by atoms with E-state index in [1.165, 1.54) is 0 Å². The van der Waals surface area contributed by atoms with Crippen LogP contribution in [0.25, 0.3) is 22.6 Å². The molecule has 2 N–H and O–H groups in total. The molecule has 1 heterocycles. The summed E-state index contributed by atoms with van der Waals surface area (Å²) >= 11 is 0. The Kier molecular flexibility index (Phi) is 7.71. The van der Waals surface area contributed by atoms with Crippen LogP contribution >= 0.6 is 0 Å². The molecule has 8 heteroatoms. The molecule has 0 saturated carbocycles. The fraction of sp³-hybridized carbons (Fsp3) is 0.300. The Labute approximate surface area is 221 Å². The van der Waals surface area contributed by atoms with Crippen LogP contribution < -0.4 is 10.1 Å². The number of carbonyl (C=O) groups excluding carboxylic acids is 1. The first kappa shape index (κ1) is 26.7. The van der Waals surface area contributed by atoms with Crippen molar-refractivity contribution < 1.29 is 28.6 Å². The number of fused-ring (bicyclic) bond motifs is 1. The molecule has 0 aliphatic rings. The molecule has 0 aliphatic heterocycles. The van der Waals surface area contributed by atoms with Crippen LogP contribution in [0.1, 0.15) is 43.0 Å². The molecular formula is C30H32N2O6. The average Bonchev–Trinajstić information content (AvgIpc) is 3.28. The number of carboxylic acid groups (broad SMARTS) is 1. The van der Waals surface area contributed by atoms with Crippen LogP contribution in [0.5, 0.6) is 5.75 Å². The maximum atomic E-state index is 12.1. The summed E-state index contributed by atoms with van der Waals surface area (Å²) in [7, 11) is 0. The number of oxazole rings is 1. The SMILES string of the molecule is Cc1cc(C[C@H](NC(=O)OC(C)(C)C)C(=O)O)cc(C)c1OCc1cccc2nc(-c3ccccc3)oc12. The van der Waals surface area contributed by atoms with Gasteiger partial charge in [-0.1, -0.05) is 42.5 Å². The van der Waals surface area contributed by atoms with Gasteiger partial charge in [0.2, 0.25) is 5.89 Å². The highest BCUT2D eigenvalue weighted by Gasteiger charge is 2.25. The van der Waals surface area contributed by atoms with Crippen LogP contribution in [-0.4, -0.2) is 33.8 Å². The molecule has 0 spiro atoms. The molecule has 0 saturated heterocycles. The number of hydrogen-bond donors (Lipinski definition) is 2. The highest BCUT2D eigenvalue weighted by atomic mass is 16.6. The molecule has 1 aromatic heterocycles. The lowest BCUT2D eigenvalue weighted by atomic mass is 10.00. The first-order chi connectivity index (χ1) is 18.0. The Bertz CT molecular complexity index is 1430. The molecule has 0 fully saturated rings. The summed E-state index contributed by atoms with van der Waals surface area (Å²) in [6, 6.07) is 18.1. The summed E-state index contributed by atoms with van der Waals surface area (Å²) in [5, 5.41) is 12.1. The van der Waals surface area contributed by atoms with E-state index in [4.69, 9.17) is 13.9 Å². The zero-order valence-electron chi connectivity index (χ0n) is 22.2. The summed E-state index contributed by atoms with van der Waals surface area (Å²) in [6.45, 7) is 9.26. The lowest BCUT2D eigenvalue weighted by Crippen LogP contribution is -2.44. The molecule has 8 nitrogen and oxygen atoms in total. The van der Waals surface area contributed by atoms with E-state index in [0.717, 1.165) is 33.3 Å². The predicted molar refractivity (Wildman–Crippen MR) is 144 cm³/mol. The smallest absolute Gasteiger partial charge is 0.408 e. The van der Waals surface area contributed by atoms with Crippen LogP contribution in [0.15, 0.2) is 65.1 Å². The highest BCUT2D eigenvalue weighted by Crippen LogP contribution is 2.30. The summed E-state index contributed by atoms with van der Waals surface area (Å²) in [6.07, 6.45) is -0.661. The second-order valence-corrected chi connectivity index (χ2v) is 10.2. The number of aromatic nitrogens is 1. The Hall–Kier alpha value is -4.33. The number of alkyl carbamates (subject to hydrolysis) is 1. The number of nitrogens with one attached hydrogen (secondary N) is 1. The summed E-state index contributed by atoms with van der Waals surface area (Å²) in [5.41, 5.74) is 4.96. The van der Waals surface area contributed by atoms with Crippen molar-refractivity contribution in [3.63, 3.8) is 0 Å². The van der Waals surface area contributed by atoms with Crippen LogP contribution in [-0.2, 0) is 22.6 Å². The van der Waals surface area contributed by atoms with E-state index in [1.807, 2.05) is 74.5 Å². The lowest BCUT2D eigenvalue weighted by molar-refractivity contribution is -0.139. The van der Waals surface area contributed by atoms with Gasteiger partial charge in [-0.25, -0.2) is 14.6 Å². The van der Waals surface area contributed by atoms with Gasteiger partial charge < -0.3 is 24.3 Å². The van der Waals surface area contributed by atoms with Crippen molar-refractivity contribution >= 4 is 23.2 Å². The number of benzene rings is 3. The number of rotatable bonds is 8. The summed E-state index contributed by atoms with van der Waals surface area (Å²) < 4.78 is 17.5. The zero-order valence-corrected chi connectivity index (χ0v) is 22.2. The van der Waals surface area contributed by atoms with Crippen LogP contribution in [0.2, 0.25) is 0 Å². The van der Waals surface area contributed by atoms with E-state index in [0.29, 0.717) is 17.2 Å². The third-order valence-corrected chi connectivity index (χ3v) is 5.84. The van der Waals surface area contributed by atoms with Crippen molar-refractivity contribution in [1.82, 2.24) is 10.3 Å². The quantitative estimate of drug-likeness (QED) is 0.286. The van der Waals surface area contributed by atoms with Gasteiger partial charge in [0.15, 0.2) is 5.58 Å². The second kappa shape index (κ2) is 11.0. The Balaban J connectivity index is 1.49. The number of aliphatic carboxylic acids is 1. The van der Waals surface area contributed by atoms with Crippen molar-refractivity contribution in [3.8, 4) is 17.2 Å². The van der Waals surface area contributed by atoms with Gasteiger partial charge in [0.25, 0.3) is 0 Å². The number of amides is 1. The number of para-hydroxylation sites is 1. The van der Waals surface area contributed by atoms with E-state index in [9.17, 15) is 14.7 Å². The molecule has 4 rings (SSSR count). The Morgan fingerprint density at radius 2 is 1.71 bits per heavy atom. The van der Waals surface area contributed by atoms with Crippen LogP contribution in [0, 0.1) is 13.8 Å². The number of carboxylic acids is 1. The minimum absolute atomic E-state index is 0.107. The number of ether oxygens (including phenoxy) is 2. The fourth-order valence-electron chi connectivity index (χ4n) is 4.24. The third kappa shape index (κ3) is 6.51. The molecule has 38 heavy (non-hydrogen) atoms. The van der Waals surface area contributed by atoms with Crippen molar-refractivity contribution in [2.75, 3.05) is 0 Å². The van der Waals surface area contributed by atoms with Gasteiger partial charge >= 0.3 is 12.1 Å². The van der Waals surface area contributed by atoms with E-state index < -0.39 is 23.7 Å². The second-order valence-electron chi connectivity index (χ2n) is 10.2. The molecular weight excluding hydrogens is 484 g/mol. The monoisotopic (exact) mass is 516 g/mol. The molecule has 1 amide bonds. The van der Waals surface area contributed by atoms with E-state index >= 15 is 0 Å². The zero-order chi connectivity index (χ0) is 27.4. The average molecular weight is 517 g/mol. The van der Waals surface area contributed by atoms with E-state index in [-0.39, 0.29) is 13.0 Å². The van der Waals surface area contributed by atoms with Gasteiger partial charge in [0.05, 0.1) is 0 Å². The first-order valence-electron chi connectivity index (χ1n) is 12.4. The Morgan fingerprint density at radius 3 is 2.34 bits per heavy atom. The van der Waals surface area contributed by atoms with Crippen molar-refractivity contribution in [3.05, 3.63) is 82.9 Å². The van der Waals surface area contributed by atoms with Crippen molar-refractivity contribution in [2.24, 2.45) is 0 Å². The number of hydrogen-bond acceptors (Lipinski definition) is 6. The topological polar surface area (TPSA) is 111 Å². The summed E-state index contributed by atoms with van der Waals surface area (Å²) in [5.74, 6) is 0.125. The summed E-state index contributed by atoms with van der Waals surface area (Å²) in [4.78, 5) is 28.5. The maximum absolute atomic E-state index is 12.1. The normalized spacial score (nSPS) is 12.2. The van der Waals surface area contributed by atoms with Crippen LogP contribution in [0.4, 0.5) is 4.79 Å². The molecule has 0 bridgehead atoms. The van der Waals surface area contributed by atoms with Gasteiger partial charge in [0, 0.05) is 17.5 Å². The molecule has 4 aromatic rings. The van der Waals surface area contributed by atoms with Gasteiger partial charge in [0.1, 0.15) is 29.5 Å². The maximum Gasteiger partial charge on any atom is 0.408 e. The standard InChI is InChI=1S/C30H32N2O6/c1-18-14-20(16-24(28(33)34)32-29(35)38-30(3,4)5)15-19(2)25(18)36-17-22-12-9-13-23-26(22)37-27(31-23)21-10-7-6-8-11-21/h6-15,24H,16-17H2,1-5H3,(H,32,35)(H,33,34)/t24-/m0/s1. The fourth-order valence-corrected chi connectivity index (χ4v) is 4.24. The highest BCUT2D eigenvalue weighted by molar-refractivity contribution is 5.80. The largest absolute Gasteiger partial charge is 0.488 e. The Morgan fingerprint density at radius 1 is 1.03 bits per heavy atom. The number of nitrogens with zero attached hydrogens (tertiary/aromatic N) is 1. The van der Waals surface area contributed by atoms with E-state index in [1.54, 1.807) is 20.8 Å². The minimum atomic E-state index is -1.14.